The standard InChI is InChI=1S/C42H64O8/c1-24-32(45-10)30-29(35(46-11)49-34(30)43)31(33(24)47-22-27-39(6)18-12-16-37(2,3)25(39)14-20-41(27,8)44)36-48-23-28-40(7)19-13-17-38(4,5)26(40)15-21-42(28,9)50-36/h25-28,35-36,44H,12-23H2,1-11H3/t25-,26-,27+,28+,35+,36?,39-,40-,41+,42+/m0/s1. The van der Waals surface area contributed by atoms with Gasteiger partial charge in [-0.05, 0) is 106 Å². The molecule has 0 radical (unpaired) electrons. The van der Waals surface area contributed by atoms with Crippen LogP contribution in [-0.2, 0) is 18.9 Å². The molecule has 4 saturated carbocycles. The molecule has 0 aromatic heterocycles. The minimum atomic E-state index is -0.951. The molecule has 0 bridgehead atoms. The molecule has 7 rings (SSSR count). The Morgan fingerprint density at radius 2 is 1.40 bits per heavy atom. The summed E-state index contributed by atoms with van der Waals surface area (Å²) in [5.74, 6) is 1.73. The Hall–Kier alpha value is -1.87. The van der Waals surface area contributed by atoms with Crippen molar-refractivity contribution in [3.63, 3.8) is 0 Å². The molecule has 10 atom stereocenters. The predicted molar refractivity (Wildman–Crippen MR) is 191 cm³/mol. The van der Waals surface area contributed by atoms with E-state index in [1.54, 1.807) is 14.2 Å². The molecule has 0 amide bonds. The normalized spacial score (nSPS) is 43.2. The second-order valence-corrected chi connectivity index (χ2v) is 19.4. The summed E-state index contributed by atoms with van der Waals surface area (Å²) in [6.45, 7) is 21.6. The van der Waals surface area contributed by atoms with Crippen LogP contribution in [0.4, 0.5) is 0 Å². The number of hydrogen-bond donors (Lipinski definition) is 1. The van der Waals surface area contributed by atoms with Crippen LogP contribution in [0.1, 0.15) is 159 Å². The minimum Gasteiger partial charge on any atom is -0.495 e. The van der Waals surface area contributed by atoms with E-state index in [-0.39, 0.29) is 33.5 Å². The summed E-state index contributed by atoms with van der Waals surface area (Å²) >= 11 is 0. The maximum atomic E-state index is 13.5. The van der Waals surface area contributed by atoms with Gasteiger partial charge in [0, 0.05) is 24.5 Å². The van der Waals surface area contributed by atoms with Crippen molar-refractivity contribution in [2.24, 2.45) is 45.3 Å². The Morgan fingerprint density at radius 3 is 2.04 bits per heavy atom. The van der Waals surface area contributed by atoms with Gasteiger partial charge in [0.1, 0.15) is 17.1 Å². The van der Waals surface area contributed by atoms with E-state index in [4.69, 9.17) is 28.4 Å². The summed E-state index contributed by atoms with van der Waals surface area (Å²) in [4.78, 5) is 13.5. The van der Waals surface area contributed by atoms with Gasteiger partial charge in [-0.15, -0.1) is 0 Å². The van der Waals surface area contributed by atoms with Gasteiger partial charge in [-0.25, -0.2) is 4.79 Å². The monoisotopic (exact) mass is 696 g/mol. The van der Waals surface area contributed by atoms with Gasteiger partial charge in [0.2, 0.25) is 6.29 Å². The number of methoxy groups -OCH3 is 2. The Bertz CT molecular complexity index is 1510. The van der Waals surface area contributed by atoms with E-state index in [0.29, 0.717) is 58.8 Å². The topological polar surface area (TPSA) is 92.7 Å². The molecule has 8 heteroatoms. The summed E-state index contributed by atoms with van der Waals surface area (Å²) in [6, 6.07) is 0. The third-order valence-electron chi connectivity index (χ3n) is 15.7. The van der Waals surface area contributed by atoms with E-state index in [9.17, 15) is 9.90 Å². The van der Waals surface area contributed by atoms with Crippen molar-refractivity contribution in [1.29, 1.82) is 0 Å². The molecule has 2 aliphatic heterocycles. The van der Waals surface area contributed by atoms with Crippen LogP contribution in [0.25, 0.3) is 0 Å². The van der Waals surface area contributed by atoms with E-state index < -0.39 is 29.8 Å². The molecule has 50 heavy (non-hydrogen) atoms. The molecular weight excluding hydrogens is 632 g/mol. The van der Waals surface area contributed by atoms with E-state index in [1.807, 2.05) is 13.8 Å². The fraction of sp³-hybridized carbons (Fsp3) is 0.833. The first-order chi connectivity index (χ1) is 23.3. The van der Waals surface area contributed by atoms with Crippen LogP contribution in [0.2, 0.25) is 0 Å². The molecule has 5 fully saturated rings. The largest absolute Gasteiger partial charge is 0.495 e. The van der Waals surface area contributed by atoms with Gasteiger partial charge in [0.15, 0.2) is 6.29 Å². The van der Waals surface area contributed by atoms with Crippen LogP contribution < -0.4 is 9.47 Å². The number of carbonyl (C=O) groups excluding carboxylic acids is 1. The lowest BCUT2D eigenvalue weighted by molar-refractivity contribution is -0.326. The van der Waals surface area contributed by atoms with Crippen LogP contribution in [-0.4, -0.2) is 49.7 Å². The third-order valence-corrected chi connectivity index (χ3v) is 15.7. The fourth-order valence-corrected chi connectivity index (χ4v) is 13.3. The second kappa shape index (κ2) is 12.1. The highest BCUT2D eigenvalue weighted by Gasteiger charge is 2.62. The molecule has 1 aromatic carbocycles. The van der Waals surface area contributed by atoms with Crippen molar-refractivity contribution in [1.82, 2.24) is 0 Å². The van der Waals surface area contributed by atoms with Crippen LogP contribution in [0, 0.1) is 52.3 Å². The highest BCUT2D eigenvalue weighted by molar-refractivity contribution is 5.98. The lowest BCUT2D eigenvalue weighted by Gasteiger charge is -2.63. The smallest absolute Gasteiger partial charge is 0.345 e. The zero-order valence-corrected chi connectivity index (χ0v) is 32.8. The van der Waals surface area contributed by atoms with E-state index in [0.717, 1.165) is 38.5 Å². The van der Waals surface area contributed by atoms with Gasteiger partial charge in [0.05, 0.1) is 42.7 Å². The van der Waals surface area contributed by atoms with Gasteiger partial charge in [-0.3, -0.25) is 0 Å². The van der Waals surface area contributed by atoms with Crippen molar-refractivity contribution in [3.05, 3.63) is 22.3 Å². The summed E-state index contributed by atoms with van der Waals surface area (Å²) in [7, 11) is 3.12. The molecule has 1 N–H and O–H groups in total. The number of aliphatic hydroxyl groups is 1. The molecule has 0 spiro atoms. The first kappa shape index (κ1) is 36.5. The Kier molecular flexibility index (Phi) is 8.81. The molecule has 8 nitrogen and oxygen atoms in total. The highest BCUT2D eigenvalue weighted by atomic mass is 16.7. The molecule has 1 aromatic rings. The van der Waals surface area contributed by atoms with Crippen molar-refractivity contribution in [2.45, 2.75) is 150 Å². The molecule has 6 aliphatic rings. The van der Waals surface area contributed by atoms with Gasteiger partial charge in [0.25, 0.3) is 0 Å². The molecule has 2 heterocycles. The number of cyclic esters (lactones) is 1. The molecular formula is C42H64O8. The van der Waals surface area contributed by atoms with Gasteiger partial charge in [-0.2, -0.15) is 0 Å². The Labute approximate surface area is 300 Å². The van der Waals surface area contributed by atoms with Gasteiger partial charge >= 0.3 is 5.97 Å². The van der Waals surface area contributed by atoms with E-state index in [2.05, 4.69) is 48.5 Å². The third kappa shape index (κ3) is 5.30. The van der Waals surface area contributed by atoms with Crippen molar-refractivity contribution in [2.75, 3.05) is 27.4 Å². The zero-order valence-electron chi connectivity index (χ0n) is 32.8. The van der Waals surface area contributed by atoms with Gasteiger partial charge < -0.3 is 33.5 Å². The number of fused-ring (bicyclic) bond motifs is 5. The lowest BCUT2D eigenvalue weighted by atomic mass is 9.45. The van der Waals surface area contributed by atoms with Crippen LogP contribution >= 0.6 is 0 Å². The second-order valence-electron chi connectivity index (χ2n) is 19.4. The molecule has 1 saturated heterocycles. The average Bonchev–Trinajstić information content (AvgIpc) is 3.34. The van der Waals surface area contributed by atoms with Crippen molar-refractivity contribution in [3.8, 4) is 11.5 Å². The molecule has 4 aliphatic carbocycles. The zero-order chi connectivity index (χ0) is 36.2. The summed E-state index contributed by atoms with van der Waals surface area (Å²) in [5, 5.41) is 12.0. The summed E-state index contributed by atoms with van der Waals surface area (Å²) in [5.41, 5.74) is 1.43. The van der Waals surface area contributed by atoms with Crippen LogP contribution in [0.3, 0.4) is 0 Å². The maximum Gasteiger partial charge on any atom is 0.345 e. The molecule has 280 valence electrons. The number of hydrogen-bond acceptors (Lipinski definition) is 8. The number of esters is 1. The Morgan fingerprint density at radius 1 is 0.780 bits per heavy atom. The highest BCUT2D eigenvalue weighted by Crippen LogP contribution is 2.66. The summed E-state index contributed by atoms with van der Waals surface area (Å²) < 4.78 is 38.7. The summed E-state index contributed by atoms with van der Waals surface area (Å²) in [6.07, 6.45) is 9.12. The number of benzene rings is 1. The lowest BCUT2D eigenvalue weighted by Crippen LogP contribution is -2.62. The van der Waals surface area contributed by atoms with Crippen molar-refractivity contribution >= 4 is 5.97 Å². The number of carbonyl (C=O) groups is 1. The SMILES string of the molecule is COc1c(C)c(OC[C@@H]2[C@@]3(C)CCCC(C)(C)[C@@H]3CC[C@@]2(C)O)c(C2OC[C@@H]3[C@@]4(C)CCCC(C)(C)[C@@H]4CC[C@@]3(C)O2)c2c1C(=O)O[C@H]2OC. The quantitative estimate of drug-likeness (QED) is 0.295. The molecule has 1 unspecified atom stereocenters. The van der Waals surface area contributed by atoms with Crippen molar-refractivity contribution < 1.29 is 38.3 Å². The first-order valence-electron chi connectivity index (χ1n) is 19.5. The van der Waals surface area contributed by atoms with Gasteiger partial charge in [-0.1, -0.05) is 54.4 Å². The number of rotatable bonds is 6. The maximum absolute atomic E-state index is 13.5. The average molecular weight is 697 g/mol. The fourth-order valence-electron chi connectivity index (χ4n) is 13.3. The predicted octanol–water partition coefficient (Wildman–Crippen LogP) is 9.24. The van der Waals surface area contributed by atoms with E-state index in [1.165, 1.54) is 25.7 Å². The number of ether oxygens (including phenoxy) is 6. The van der Waals surface area contributed by atoms with E-state index >= 15 is 0 Å². The Balaban J connectivity index is 1.30. The first-order valence-corrected chi connectivity index (χ1v) is 19.5. The van der Waals surface area contributed by atoms with Crippen LogP contribution in [0.5, 0.6) is 11.5 Å². The van der Waals surface area contributed by atoms with Crippen LogP contribution in [0.15, 0.2) is 0 Å². The minimum absolute atomic E-state index is 0.0904.